The van der Waals surface area contributed by atoms with Crippen molar-refractivity contribution >= 4 is 35.0 Å². The standard InChI is InChI=1S/C16H16ClNOS/c1-11-7-8-13(9-12(11)2)20-10-16(19)18-15-6-4-3-5-14(15)17/h3-9H,10H2,1-2H3,(H,18,19). The lowest BCUT2D eigenvalue weighted by atomic mass is 10.1. The van der Waals surface area contributed by atoms with Gasteiger partial charge in [0.25, 0.3) is 0 Å². The van der Waals surface area contributed by atoms with Gasteiger partial charge in [0.15, 0.2) is 0 Å². The molecule has 0 bridgehead atoms. The van der Waals surface area contributed by atoms with E-state index in [1.54, 1.807) is 12.1 Å². The lowest BCUT2D eigenvalue weighted by Crippen LogP contribution is -2.14. The molecule has 0 radical (unpaired) electrons. The van der Waals surface area contributed by atoms with Crippen LogP contribution in [0.2, 0.25) is 5.02 Å². The van der Waals surface area contributed by atoms with E-state index in [1.807, 2.05) is 18.2 Å². The van der Waals surface area contributed by atoms with Gasteiger partial charge in [-0.25, -0.2) is 0 Å². The third-order valence-electron chi connectivity index (χ3n) is 3.00. The largest absolute Gasteiger partial charge is 0.324 e. The first kappa shape index (κ1) is 14.9. The molecule has 2 rings (SSSR count). The van der Waals surface area contributed by atoms with E-state index in [2.05, 4.69) is 31.3 Å². The highest BCUT2D eigenvalue weighted by molar-refractivity contribution is 8.00. The molecule has 0 saturated carbocycles. The Balaban J connectivity index is 1.92. The number of nitrogens with one attached hydrogen (secondary N) is 1. The summed E-state index contributed by atoms with van der Waals surface area (Å²) in [4.78, 5) is 13.0. The van der Waals surface area contributed by atoms with Gasteiger partial charge in [-0.1, -0.05) is 29.8 Å². The number of amides is 1. The van der Waals surface area contributed by atoms with Crippen molar-refractivity contribution in [2.45, 2.75) is 18.7 Å². The average Bonchev–Trinajstić information content (AvgIpc) is 2.43. The number of aryl methyl sites for hydroxylation is 2. The van der Waals surface area contributed by atoms with Crippen LogP contribution in [0.5, 0.6) is 0 Å². The third kappa shape index (κ3) is 4.02. The van der Waals surface area contributed by atoms with Crippen molar-refractivity contribution in [2.75, 3.05) is 11.1 Å². The Bertz CT molecular complexity index is 628. The predicted octanol–water partition coefficient (Wildman–Crippen LogP) is 4.69. The van der Waals surface area contributed by atoms with Crippen molar-refractivity contribution in [3.05, 3.63) is 58.6 Å². The van der Waals surface area contributed by atoms with Gasteiger partial charge < -0.3 is 5.32 Å². The molecule has 0 aliphatic heterocycles. The van der Waals surface area contributed by atoms with E-state index in [1.165, 1.54) is 22.9 Å². The molecular weight excluding hydrogens is 290 g/mol. The van der Waals surface area contributed by atoms with E-state index in [0.29, 0.717) is 16.5 Å². The first-order chi connectivity index (χ1) is 9.56. The summed E-state index contributed by atoms with van der Waals surface area (Å²) in [7, 11) is 0. The molecule has 0 aromatic heterocycles. The zero-order chi connectivity index (χ0) is 14.5. The molecule has 4 heteroatoms. The van der Waals surface area contributed by atoms with E-state index in [-0.39, 0.29) is 5.91 Å². The van der Waals surface area contributed by atoms with Crippen LogP contribution in [0.25, 0.3) is 0 Å². The van der Waals surface area contributed by atoms with Crippen LogP contribution in [0.4, 0.5) is 5.69 Å². The number of thioether (sulfide) groups is 1. The smallest absolute Gasteiger partial charge is 0.234 e. The highest BCUT2D eigenvalue weighted by Gasteiger charge is 2.06. The van der Waals surface area contributed by atoms with Crippen LogP contribution < -0.4 is 5.32 Å². The highest BCUT2D eigenvalue weighted by atomic mass is 35.5. The fraction of sp³-hybridized carbons (Fsp3) is 0.188. The van der Waals surface area contributed by atoms with Crippen LogP contribution in [-0.4, -0.2) is 11.7 Å². The van der Waals surface area contributed by atoms with Crippen LogP contribution in [0.1, 0.15) is 11.1 Å². The summed E-state index contributed by atoms with van der Waals surface area (Å²) in [6, 6.07) is 13.4. The molecule has 0 spiro atoms. The lowest BCUT2D eigenvalue weighted by molar-refractivity contribution is -0.113. The number of hydrogen-bond acceptors (Lipinski definition) is 2. The molecule has 0 aliphatic rings. The molecule has 0 fully saturated rings. The Morgan fingerprint density at radius 3 is 2.60 bits per heavy atom. The number of hydrogen-bond donors (Lipinski definition) is 1. The first-order valence-electron chi connectivity index (χ1n) is 6.30. The Morgan fingerprint density at radius 2 is 1.90 bits per heavy atom. The maximum atomic E-state index is 11.9. The van der Waals surface area contributed by atoms with Gasteiger partial charge in [0.2, 0.25) is 5.91 Å². The Labute approximate surface area is 128 Å². The summed E-state index contributed by atoms with van der Waals surface area (Å²) < 4.78 is 0. The zero-order valence-electron chi connectivity index (χ0n) is 11.4. The summed E-state index contributed by atoms with van der Waals surface area (Å²) in [5, 5.41) is 3.37. The van der Waals surface area contributed by atoms with Crippen molar-refractivity contribution in [1.82, 2.24) is 0 Å². The van der Waals surface area contributed by atoms with Crippen molar-refractivity contribution in [1.29, 1.82) is 0 Å². The molecule has 0 heterocycles. The van der Waals surface area contributed by atoms with E-state index < -0.39 is 0 Å². The molecule has 0 atom stereocenters. The third-order valence-corrected chi connectivity index (χ3v) is 4.32. The van der Waals surface area contributed by atoms with Crippen molar-refractivity contribution in [3.63, 3.8) is 0 Å². The van der Waals surface area contributed by atoms with Crippen molar-refractivity contribution in [3.8, 4) is 0 Å². The van der Waals surface area contributed by atoms with Gasteiger partial charge in [-0.2, -0.15) is 0 Å². The molecule has 20 heavy (non-hydrogen) atoms. The molecule has 1 N–H and O–H groups in total. The number of rotatable bonds is 4. The van der Waals surface area contributed by atoms with Crippen LogP contribution in [-0.2, 0) is 4.79 Å². The Morgan fingerprint density at radius 1 is 1.15 bits per heavy atom. The maximum absolute atomic E-state index is 11.9. The summed E-state index contributed by atoms with van der Waals surface area (Å²) in [5.41, 5.74) is 3.15. The molecule has 2 nitrogen and oxygen atoms in total. The average molecular weight is 306 g/mol. The van der Waals surface area contributed by atoms with Crippen molar-refractivity contribution < 1.29 is 4.79 Å². The Hall–Kier alpha value is -1.45. The van der Waals surface area contributed by atoms with E-state index in [4.69, 9.17) is 11.6 Å². The summed E-state index contributed by atoms with van der Waals surface area (Å²) in [6.07, 6.45) is 0. The second kappa shape index (κ2) is 6.82. The normalized spacial score (nSPS) is 10.3. The molecule has 0 unspecified atom stereocenters. The van der Waals surface area contributed by atoms with Crippen LogP contribution in [0.15, 0.2) is 47.4 Å². The van der Waals surface area contributed by atoms with Gasteiger partial charge in [0.1, 0.15) is 0 Å². The zero-order valence-corrected chi connectivity index (χ0v) is 13.0. The molecule has 1 amide bonds. The minimum atomic E-state index is -0.0543. The molecule has 104 valence electrons. The number of para-hydroxylation sites is 1. The number of anilines is 1. The first-order valence-corrected chi connectivity index (χ1v) is 7.67. The fourth-order valence-electron chi connectivity index (χ4n) is 1.70. The van der Waals surface area contributed by atoms with E-state index >= 15 is 0 Å². The number of carbonyl (C=O) groups excluding carboxylic acids is 1. The maximum Gasteiger partial charge on any atom is 0.234 e. The van der Waals surface area contributed by atoms with Gasteiger partial charge in [-0.15, -0.1) is 11.8 Å². The van der Waals surface area contributed by atoms with Gasteiger partial charge in [-0.3, -0.25) is 4.79 Å². The van der Waals surface area contributed by atoms with Crippen LogP contribution in [0.3, 0.4) is 0 Å². The minimum Gasteiger partial charge on any atom is -0.324 e. The summed E-state index contributed by atoms with van der Waals surface area (Å²) in [6.45, 7) is 4.15. The molecule has 0 aliphatic carbocycles. The van der Waals surface area contributed by atoms with Gasteiger partial charge in [-0.05, 0) is 49.2 Å². The molecule has 0 saturated heterocycles. The fourth-order valence-corrected chi connectivity index (χ4v) is 2.68. The number of benzene rings is 2. The van der Waals surface area contributed by atoms with Gasteiger partial charge in [0, 0.05) is 4.90 Å². The number of carbonyl (C=O) groups is 1. The predicted molar refractivity (Wildman–Crippen MR) is 86.7 cm³/mol. The SMILES string of the molecule is Cc1ccc(SCC(=O)Nc2ccccc2Cl)cc1C. The summed E-state index contributed by atoms with van der Waals surface area (Å²) >= 11 is 7.52. The lowest BCUT2D eigenvalue weighted by Gasteiger charge is -2.07. The highest BCUT2D eigenvalue weighted by Crippen LogP contribution is 2.23. The van der Waals surface area contributed by atoms with Crippen LogP contribution >= 0.6 is 23.4 Å². The molecule has 2 aromatic carbocycles. The second-order valence-electron chi connectivity index (χ2n) is 4.56. The van der Waals surface area contributed by atoms with Gasteiger partial charge in [0.05, 0.1) is 16.5 Å². The minimum absolute atomic E-state index is 0.0543. The number of halogens is 1. The van der Waals surface area contributed by atoms with Gasteiger partial charge >= 0.3 is 0 Å². The quantitative estimate of drug-likeness (QED) is 0.830. The second-order valence-corrected chi connectivity index (χ2v) is 6.02. The van der Waals surface area contributed by atoms with Crippen LogP contribution in [0, 0.1) is 13.8 Å². The van der Waals surface area contributed by atoms with Crippen molar-refractivity contribution in [2.24, 2.45) is 0 Å². The topological polar surface area (TPSA) is 29.1 Å². The van der Waals surface area contributed by atoms with E-state index in [0.717, 1.165) is 4.90 Å². The Kier molecular flexibility index (Phi) is 5.10. The molecular formula is C16H16ClNOS. The monoisotopic (exact) mass is 305 g/mol. The van der Waals surface area contributed by atoms with E-state index in [9.17, 15) is 4.79 Å². The molecule has 2 aromatic rings. The summed E-state index contributed by atoms with van der Waals surface area (Å²) in [5.74, 6) is 0.314.